The Morgan fingerprint density at radius 3 is 2.42 bits per heavy atom. The average Bonchev–Trinajstić information content (AvgIpc) is 2.60. The lowest BCUT2D eigenvalue weighted by Crippen LogP contribution is -2.14. The maximum Gasteiger partial charge on any atom is 0.234 e. The van der Waals surface area contributed by atoms with E-state index in [9.17, 15) is 4.79 Å². The summed E-state index contributed by atoms with van der Waals surface area (Å²) >= 11 is 1.39. The molecule has 5 nitrogen and oxygen atoms in total. The van der Waals surface area contributed by atoms with E-state index in [0.717, 1.165) is 33.2 Å². The molecular formula is C18H17N3O2S. The Morgan fingerprint density at radius 1 is 1.08 bits per heavy atom. The van der Waals surface area contributed by atoms with E-state index in [1.54, 1.807) is 7.11 Å². The minimum atomic E-state index is -0.0838. The van der Waals surface area contributed by atoms with Gasteiger partial charge in [-0.05, 0) is 43.3 Å². The highest BCUT2D eigenvalue weighted by Crippen LogP contribution is 2.22. The highest BCUT2D eigenvalue weighted by Gasteiger charge is 2.09. The lowest BCUT2D eigenvalue weighted by molar-refractivity contribution is -0.113. The van der Waals surface area contributed by atoms with Crippen LogP contribution in [0.1, 0.15) is 5.69 Å². The lowest BCUT2D eigenvalue weighted by Gasteiger charge is -2.08. The molecule has 0 radical (unpaired) electrons. The molecule has 0 atom stereocenters. The van der Waals surface area contributed by atoms with E-state index in [-0.39, 0.29) is 11.7 Å². The van der Waals surface area contributed by atoms with Crippen molar-refractivity contribution >= 4 is 34.4 Å². The number of nitrogens with zero attached hydrogens (tertiary/aromatic N) is 2. The molecule has 1 N–H and O–H groups in total. The van der Waals surface area contributed by atoms with Gasteiger partial charge >= 0.3 is 0 Å². The number of carbonyl (C=O) groups is 1. The zero-order valence-electron chi connectivity index (χ0n) is 13.4. The second-order valence-electron chi connectivity index (χ2n) is 5.17. The summed E-state index contributed by atoms with van der Waals surface area (Å²) in [7, 11) is 1.61. The molecular weight excluding hydrogens is 322 g/mol. The summed E-state index contributed by atoms with van der Waals surface area (Å²) in [6.07, 6.45) is 0. The average molecular weight is 339 g/mol. The predicted octanol–water partition coefficient (Wildman–Crippen LogP) is 3.68. The summed E-state index contributed by atoms with van der Waals surface area (Å²) in [5.41, 5.74) is 3.27. The van der Waals surface area contributed by atoms with Crippen molar-refractivity contribution in [3.8, 4) is 5.75 Å². The molecule has 0 aliphatic heterocycles. The number of thioether (sulfide) groups is 1. The molecule has 0 saturated carbocycles. The first-order valence-electron chi connectivity index (χ1n) is 7.46. The van der Waals surface area contributed by atoms with E-state index >= 15 is 0 Å². The van der Waals surface area contributed by atoms with Crippen molar-refractivity contribution in [2.24, 2.45) is 0 Å². The standard InChI is InChI=1S/C18H17N3O2S/c1-12-18(21-16-6-4-3-5-15(16)19-12)24-11-17(22)20-13-7-9-14(23-2)10-8-13/h3-10H,11H2,1-2H3,(H,20,22). The molecule has 24 heavy (non-hydrogen) atoms. The van der Waals surface area contributed by atoms with Crippen LogP contribution in [0.15, 0.2) is 53.6 Å². The van der Waals surface area contributed by atoms with Crippen molar-refractivity contribution in [2.75, 3.05) is 18.2 Å². The minimum Gasteiger partial charge on any atom is -0.497 e. The summed E-state index contributed by atoms with van der Waals surface area (Å²) < 4.78 is 5.10. The molecule has 122 valence electrons. The lowest BCUT2D eigenvalue weighted by atomic mass is 10.3. The van der Waals surface area contributed by atoms with E-state index in [0.29, 0.717) is 0 Å². The molecule has 0 bridgehead atoms. The smallest absolute Gasteiger partial charge is 0.234 e. The number of carbonyl (C=O) groups excluding carboxylic acids is 1. The number of aromatic nitrogens is 2. The first-order valence-corrected chi connectivity index (χ1v) is 8.44. The summed E-state index contributed by atoms with van der Waals surface area (Å²) in [6, 6.07) is 14.9. The van der Waals surface area contributed by atoms with Crippen molar-refractivity contribution in [3.05, 3.63) is 54.2 Å². The fourth-order valence-electron chi connectivity index (χ4n) is 2.21. The molecule has 0 fully saturated rings. The van der Waals surface area contributed by atoms with Gasteiger partial charge in [0.05, 0.1) is 29.6 Å². The number of fused-ring (bicyclic) bond motifs is 1. The molecule has 6 heteroatoms. The van der Waals surface area contributed by atoms with Crippen molar-refractivity contribution in [3.63, 3.8) is 0 Å². The third-order valence-corrected chi connectivity index (χ3v) is 4.48. The van der Waals surface area contributed by atoms with Gasteiger partial charge in [0.1, 0.15) is 10.8 Å². The van der Waals surface area contributed by atoms with Gasteiger partial charge in [0.15, 0.2) is 0 Å². The molecule has 3 aromatic rings. The van der Waals surface area contributed by atoms with Crippen LogP contribution in [0, 0.1) is 6.92 Å². The fraction of sp³-hybridized carbons (Fsp3) is 0.167. The second-order valence-corrected chi connectivity index (χ2v) is 6.13. The van der Waals surface area contributed by atoms with Crippen LogP contribution < -0.4 is 10.1 Å². The number of hydrogen-bond donors (Lipinski definition) is 1. The Kier molecular flexibility index (Phi) is 4.96. The largest absolute Gasteiger partial charge is 0.497 e. The molecule has 0 aliphatic rings. The number of nitrogens with one attached hydrogen (secondary N) is 1. The molecule has 1 heterocycles. The van der Waals surface area contributed by atoms with Gasteiger partial charge in [-0.25, -0.2) is 9.97 Å². The highest BCUT2D eigenvalue weighted by atomic mass is 32.2. The van der Waals surface area contributed by atoms with Crippen molar-refractivity contribution in [1.29, 1.82) is 0 Å². The van der Waals surface area contributed by atoms with Gasteiger partial charge in [-0.1, -0.05) is 23.9 Å². The number of benzene rings is 2. The van der Waals surface area contributed by atoms with Crippen LogP contribution in [0.5, 0.6) is 5.75 Å². The van der Waals surface area contributed by atoms with Gasteiger partial charge in [0.2, 0.25) is 5.91 Å². The molecule has 0 spiro atoms. The number of hydrogen-bond acceptors (Lipinski definition) is 5. The fourth-order valence-corrected chi connectivity index (χ4v) is 2.97. The summed E-state index contributed by atoms with van der Waals surface area (Å²) in [4.78, 5) is 21.2. The van der Waals surface area contributed by atoms with Gasteiger partial charge in [-0.3, -0.25) is 4.79 Å². The summed E-state index contributed by atoms with van der Waals surface area (Å²) in [5.74, 6) is 0.948. The van der Waals surface area contributed by atoms with Crippen LogP contribution in [-0.2, 0) is 4.79 Å². The Bertz CT molecular complexity index is 866. The van der Waals surface area contributed by atoms with Gasteiger partial charge < -0.3 is 10.1 Å². The molecule has 1 aromatic heterocycles. The highest BCUT2D eigenvalue weighted by molar-refractivity contribution is 8.00. The van der Waals surface area contributed by atoms with Gasteiger partial charge in [0.25, 0.3) is 0 Å². The van der Waals surface area contributed by atoms with Crippen LogP contribution in [0.3, 0.4) is 0 Å². The Morgan fingerprint density at radius 2 is 1.75 bits per heavy atom. The Balaban J connectivity index is 1.64. The van der Waals surface area contributed by atoms with Crippen molar-refractivity contribution < 1.29 is 9.53 Å². The SMILES string of the molecule is COc1ccc(NC(=O)CSc2nc3ccccc3nc2C)cc1. The maximum absolute atomic E-state index is 12.1. The first kappa shape index (κ1) is 16.3. The molecule has 0 aliphatic carbocycles. The monoisotopic (exact) mass is 339 g/mol. The van der Waals surface area contributed by atoms with Crippen molar-refractivity contribution in [2.45, 2.75) is 11.9 Å². The number of para-hydroxylation sites is 2. The third-order valence-electron chi connectivity index (χ3n) is 3.42. The van der Waals surface area contributed by atoms with E-state index in [1.165, 1.54) is 11.8 Å². The number of aryl methyl sites for hydroxylation is 1. The molecule has 0 unspecified atom stereocenters. The van der Waals surface area contributed by atoms with Crippen LogP contribution in [0.25, 0.3) is 11.0 Å². The second kappa shape index (κ2) is 7.31. The number of methoxy groups -OCH3 is 1. The topological polar surface area (TPSA) is 64.1 Å². The van der Waals surface area contributed by atoms with Gasteiger partial charge in [0, 0.05) is 5.69 Å². The zero-order valence-corrected chi connectivity index (χ0v) is 14.3. The minimum absolute atomic E-state index is 0.0838. The Hall–Kier alpha value is -2.60. The van der Waals surface area contributed by atoms with Gasteiger partial charge in [-0.2, -0.15) is 0 Å². The zero-order chi connectivity index (χ0) is 16.9. The number of rotatable bonds is 5. The van der Waals surface area contributed by atoms with Crippen molar-refractivity contribution in [1.82, 2.24) is 9.97 Å². The third kappa shape index (κ3) is 3.83. The number of amides is 1. The predicted molar refractivity (Wildman–Crippen MR) is 96.6 cm³/mol. The van der Waals surface area contributed by atoms with E-state index in [2.05, 4.69) is 15.3 Å². The molecule has 3 rings (SSSR count). The number of anilines is 1. The van der Waals surface area contributed by atoms with Crippen LogP contribution in [-0.4, -0.2) is 28.7 Å². The van der Waals surface area contributed by atoms with E-state index < -0.39 is 0 Å². The normalized spacial score (nSPS) is 10.6. The molecule has 2 aromatic carbocycles. The first-order chi connectivity index (χ1) is 11.7. The summed E-state index contributed by atoms with van der Waals surface area (Å²) in [5, 5.41) is 3.63. The quantitative estimate of drug-likeness (QED) is 0.719. The van der Waals surface area contributed by atoms with Gasteiger partial charge in [-0.15, -0.1) is 0 Å². The molecule has 0 saturated heterocycles. The number of ether oxygens (including phenoxy) is 1. The van der Waals surface area contributed by atoms with Crippen LogP contribution in [0.2, 0.25) is 0 Å². The van der Waals surface area contributed by atoms with Crippen LogP contribution in [0.4, 0.5) is 5.69 Å². The Labute approximate surface area is 144 Å². The maximum atomic E-state index is 12.1. The van der Waals surface area contributed by atoms with Crippen LogP contribution >= 0.6 is 11.8 Å². The summed E-state index contributed by atoms with van der Waals surface area (Å²) in [6.45, 7) is 1.91. The van der Waals surface area contributed by atoms with E-state index in [4.69, 9.17) is 4.74 Å². The van der Waals surface area contributed by atoms with E-state index in [1.807, 2.05) is 55.5 Å². The molecule has 1 amide bonds.